The summed E-state index contributed by atoms with van der Waals surface area (Å²) in [5.74, 6) is 1.20. The number of nitrogens with zero attached hydrogens (tertiary/aromatic N) is 5. The quantitative estimate of drug-likeness (QED) is 0.567. The molecule has 0 radical (unpaired) electrons. The van der Waals surface area contributed by atoms with Gasteiger partial charge in [-0.15, -0.1) is 0 Å². The Morgan fingerprint density at radius 1 is 1.36 bits per heavy atom. The molecule has 0 spiro atoms. The molecule has 4 rings (SSSR count). The molecule has 0 saturated heterocycles. The fourth-order valence-corrected chi connectivity index (χ4v) is 3.11. The Hall–Kier alpha value is -1.99. The minimum Gasteiger partial charge on any atom is -0.385 e. The minimum atomic E-state index is -0.693. The lowest BCUT2D eigenvalue weighted by Crippen LogP contribution is -2.06. The van der Waals surface area contributed by atoms with Crippen LogP contribution >= 0.6 is 15.9 Å². The van der Waals surface area contributed by atoms with Gasteiger partial charge in [-0.05, 0) is 32.0 Å². The largest absolute Gasteiger partial charge is 0.385 e. The van der Waals surface area contributed by atoms with Gasteiger partial charge in [0, 0.05) is 10.0 Å². The fraction of sp³-hybridized carbons (Fsp3) is 0.267. The first kappa shape index (κ1) is 13.7. The Labute approximate surface area is 135 Å². The van der Waals surface area contributed by atoms with Gasteiger partial charge >= 0.3 is 0 Å². The molecule has 0 fully saturated rings. The summed E-state index contributed by atoms with van der Waals surface area (Å²) in [4.78, 5) is 8.95. The number of hydrogen-bond donors (Lipinski definition) is 1. The molecule has 3 aromatic rings. The number of aryl methyl sites for hydroxylation is 1. The van der Waals surface area contributed by atoms with E-state index in [1.54, 1.807) is 6.92 Å². The summed E-state index contributed by atoms with van der Waals surface area (Å²) in [6.07, 6.45) is 1.14. The molecule has 1 N–H and O–H groups in total. The van der Waals surface area contributed by atoms with Crippen LogP contribution < -0.4 is 0 Å². The van der Waals surface area contributed by atoms with E-state index in [0.717, 1.165) is 32.9 Å². The van der Waals surface area contributed by atoms with Crippen LogP contribution in [0.1, 0.15) is 30.2 Å². The van der Waals surface area contributed by atoms with Crippen molar-refractivity contribution in [1.82, 2.24) is 24.3 Å². The molecular weight excluding hydrogens is 346 g/mol. The zero-order valence-electron chi connectivity index (χ0n) is 12.2. The number of benzene rings is 1. The first-order valence-corrected chi connectivity index (χ1v) is 7.80. The Morgan fingerprint density at radius 3 is 2.95 bits per heavy atom. The molecular formula is C15H14BrN5O. The summed E-state index contributed by atoms with van der Waals surface area (Å²) in [6, 6.07) is 6.06. The zero-order valence-corrected chi connectivity index (χ0v) is 13.7. The monoisotopic (exact) mass is 359 g/mol. The third kappa shape index (κ3) is 1.93. The predicted molar refractivity (Wildman–Crippen MR) is 84.8 cm³/mol. The highest BCUT2D eigenvalue weighted by Gasteiger charge is 2.24. The van der Waals surface area contributed by atoms with Crippen molar-refractivity contribution in [3.63, 3.8) is 0 Å². The molecule has 0 amide bonds. The van der Waals surface area contributed by atoms with E-state index in [2.05, 4.69) is 35.6 Å². The molecule has 22 heavy (non-hydrogen) atoms. The fourth-order valence-electron chi connectivity index (χ4n) is 2.75. The highest BCUT2D eigenvalue weighted by atomic mass is 79.9. The molecule has 1 aliphatic rings. The van der Waals surface area contributed by atoms with Crippen molar-refractivity contribution in [2.24, 2.45) is 0 Å². The summed E-state index contributed by atoms with van der Waals surface area (Å²) in [5, 5.41) is 14.2. The molecule has 1 aromatic carbocycles. The van der Waals surface area contributed by atoms with Crippen LogP contribution in [0.5, 0.6) is 0 Å². The number of halogens is 1. The number of rotatable bonds is 1. The van der Waals surface area contributed by atoms with Gasteiger partial charge in [0.05, 0.1) is 29.9 Å². The van der Waals surface area contributed by atoms with Crippen LogP contribution in [0.2, 0.25) is 0 Å². The van der Waals surface area contributed by atoms with Crippen molar-refractivity contribution in [3.8, 4) is 17.1 Å². The van der Waals surface area contributed by atoms with Crippen LogP contribution in [-0.4, -0.2) is 29.4 Å². The molecule has 112 valence electrons. The Bertz CT molecular complexity index is 880. The third-order valence-electron chi connectivity index (χ3n) is 3.90. The van der Waals surface area contributed by atoms with Gasteiger partial charge < -0.3 is 9.67 Å². The molecule has 3 heterocycles. The topological polar surface area (TPSA) is 68.8 Å². The Kier molecular flexibility index (Phi) is 2.95. The number of fused-ring (bicyclic) bond motifs is 5. The van der Waals surface area contributed by atoms with Crippen molar-refractivity contribution in [3.05, 3.63) is 46.2 Å². The van der Waals surface area contributed by atoms with Crippen molar-refractivity contribution in [1.29, 1.82) is 0 Å². The molecule has 2 aromatic heterocycles. The van der Waals surface area contributed by atoms with E-state index in [0.29, 0.717) is 12.4 Å². The number of aromatic nitrogens is 5. The maximum absolute atomic E-state index is 9.79. The molecule has 0 saturated carbocycles. The lowest BCUT2D eigenvalue weighted by atomic mass is 10.1. The average molecular weight is 360 g/mol. The van der Waals surface area contributed by atoms with Gasteiger partial charge in [-0.25, -0.2) is 14.6 Å². The van der Waals surface area contributed by atoms with Crippen LogP contribution in [0.4, 0.5) is 0 Å². The van der Waals surface area contributed by atoms with E-state index in [-0.39, 0.29) is 0 Å². The highest BCUT2D eigenvalue weighted by Crippen LogP contribution is 2.33. The molecule has 0 aliphatic carbocycles. The molecule has 6 nitrogen and oxygen atoms in total. The van der Waals surface area contributed by atoms with E-state index in [4.69, 9.17) is 0 Å². The molecule has 1 atom stereocenters. The Balaban J connectivity index is 2.05. The number of aliphatic hydroxyl groups is 1. The summed E-state index contributed by atoms with van der Waals surface area (Å²) >= 11 is 3.52. The van der Waals surface area contributed by atoms with Crippen molar-refractivity contribution >= 4 is 15.9 Å². The second-order valence-corrected chi connectivity index (χ2v) is 6.35. The standard InChI is InChI=1S/C15H14BrN5O/c1-8-13-6-21-15(18-14(19-21)9(2)22)11-5-10(16)3-4-12(11)20(13)7-17-8/h3-5,7,9,22H,6H2,1-2H3/t9-/m1/s1. The second-order valence-electron chi connectivity index (χ2n) is 5.44. The summed E-state index contributed by atoms with van der Waals surface area (Å²) < 4.78 is 4.88. The van der Waals surface area contributed by atoms with Crippen LogP contribution in [0.3, 0.4) is 0 Å². The van der Waals surface area contributed by atoms with E-state index < -0.39 is 6.10 Å². The second kappa shape index (κ2) is 4.76. The van der Waals surface area contributed by atoms with Gasteiger partial charge in [0.1, 0.15) is 6.10 Å². The average Bonchev–Trinajstić information content (AvgIpc) is 3.02. The van der Waals surface area contributed by atoms with Crippen LogP contribution in [0.15, 0.2) is 29.0 Å². The summed E-state index contributed by atoms with van der Waals surface area (Å²) in [5.41, 5.74) is 4.02. The lowest BCUT2D eigenvalue weighted by Gasteiger charge is -2.08. The first-order chi connectivity index (χ1) is 10.5. The van der Waals surface area contributed by atoms with Gasteiger partial charge in [-0.1, -0.05) is 15.9 Å². The number of imidazole rings is 1. The van der Waals surface area contributed by atoms with Crippen LogP contribution in [0, 0.1) is 6.92 Å². The predicted octanol–water partition coefficient (Wildman–Crippen LogP) is 2.62. The normalized spacial score (nSPS) is 14.0. The molecule has 7 heteroatoms. The SMILES string of the molecule is Cc1ncn2c1Cn1nc([C@@H](C)O)nc1-c1cc(Br)ccc1-2. The van der Waals surface area contributed by atoms with Crippen molar-refractivity contribution < 1.29 is 5.11 Å². The van der Waals surface area contributed by atoms with E-state index in [1.165, 1.54) is 0 Å². The van der Waals surface area contributed by atoms with E-state index >= 15 is 0 Å². The zero-order chi connectivity index (χ0) is 15.4. The minimum absolute atomic E-state index is 0.437. The van der Waals surface area contributed by atoms with E-state index in [9.17, 15) is 5.11 Å². The smallest absolute Gasteiger partial charge is 0.179 e. The highest BCUT2D eigenvalue weighted by molar-refractivity contribution is 9.10. The summed E-state index contributed by atoms with van der Waals surface area (Å²) in [7, 11) is 0. The van der Waals surface area contributed by atoms with Gasteiger partial charge in [-0.2, -0.15) is 5.10 Å². The molecule has 0 unspecified atom stereocenters. The molecule has 1 aliphatic heterocycles. The van der Waals surface area contributed by atoms with Gasteiger partial charge in [-0.3, -0.25) is 0 Å². The number of aliphatic hydroxyl groups excluding tert-OH is 1. The summed E-state index contributed by atoms with van der Waals surface area (Å²) in [6.45, 7) is 4.24. The van der Waals surface area contributed by atoms with Crippen LogP contribution in [0.25, 0.3) is 17.1 Å². The van der Waals surface area contributed by atoms with Gasteiger partial charge in [0.25, 0.3) is 0 Å². The number of hydrogen-bond acceptors (Lipinski definition) is 4. The maximum atomic E-state index is 9.79. The third-order valence-corrected chi connectivity index (χ3v) is 4.39. The lowest BCUT2D eigenvalue weighted by molar-refractivity contribution is 0.188. The van der Waals surface area contributed by atoms with Gasteiger partial charge in [0.15, 0.2) is 11.6 Å². The van der Waals surface area contributed by atoms with Crippen LogP contribution in [-0.2, 0) is 6.54 Å². The Morgan fingerprint density at radius 2 is 2.18 bits per heavy atom. The molecule has 0 bridgehead atoms. The maximum Gasteiger partial charge on any atom is 0.179 e. The first-order valence-electron chi connectivity index (χ1n) is 7.00. The van der Waals surface area contributed by atoms with Crippen molar-refractivity contribution in [2.75, 3.05) is 0 Å². The van der Waals surface area contributed by atoms with Crippen molar-refractivity contribution in [2.45, 2.75) is 26.5 Å². The van der Waals surface area contributed by atoms with E-state index in [1.807, 2.05) is 36.1 Å². The van der Waals surface area contributed by atoms with Gasteiger partial charge in [0.2, 0.25) is 0 Å².